The zero-order valence-corrected chi connectivity index (χ0v) is 17.0. The Balaban J connectivity index is 1.40. The van der Waals surface area contributed by atoms with Gasteiger partial charge in [-0.2, -0.15) is 0 Å². The quantitative estimate of drug-likeness (QED) is 0.398. The van der Waals surface area contributed by atoms with Crippen LogP contribution in [-0.4, -0.2) is 68.6 Å². The summed E-state index contributed by atoms with van der Waals surface area (Å²) in [6.45, 7) is 8.14. The smallest absolute Gasteiger partial charge is 0.191 e. The first kappa shape index (κ1) is 20.2. The third kappa shape index (κ3) is 6.51. The van der Waals surface area contributed by atoms with E-state index in [0.717, 1.165) is 19.0 Å². The number of hydrogen-bond donors (Lipinski definition) is 2. The molecule has 0 radical (unpaired) electrons. The number of likely N-dealkylation sites (tertiary alicyclic amines) is 2. The van der Waals surface area contributed by atoms with E-state index < -0.39 is 0 Å². The second-order valence-corrected chi connectivity index (χ2v) is 7.81. The maximum absolute atomic E-state index is 4.42. The van der Waals surface area contributed by atoms with Crippen LogP contribution in [0.2, 0.25) is 0 Å². The highest BCUT2D eigenvalue weighted by Gasteiger charge is 2.23. The molecule has 0 amide bonds. The Morgan fingerprint density at radius 1 is 0.963 bits per heavy atom. The van der Waals surface area contributed by atoms with Gasteiger partial charge in [0.15, 0.2) is 5.96 Å². The molecule has 1 atom stereocenters. The van der Waals surface area contributed by atoms with Crippen LogP contribution in [0.5, 0.6) is 0 Å². The van der Waals surface area contributed by atoms with Gasteiger partial charge in [-0.3, -0.25) is 9.89 Å². The lowest BCUT2D eigenvalue weighted by molar-refractivity contribution is 0.245. The molecule has 150 valence electrons. The highest BCUT2D eigenvalue weighted by atomic mass is 15.2. The van der Waals surface area contributed by atoms with E-state index in [1.165, 1.54) is 76.8 Å². The molecule has 0 saturated carbocycles. The zero-order valence-electron chi connectivity index (χ0n) is 17.0. The summed E-state index contributed by atoms with van der Waals surface area (Å²) in [4.78, 5) is 9.61. The molecule has 2 aliphatic rings. The number of nitrogens with one attached hydrogen (secondary N) is 2. The minimum absolute atomic E-state index is 0.419. The second kappa shape index (κ2) is 11.3. The van der Waals surface area contributed by atoms with E-state index in [1.54, 1.807) is 0 Å². The third-order valence-electron chi connectivity index (χ3n) is 5.84. The molecule has 2 N–H and O–H groups in total. The number of guanidine groups is 1. The van der Waals surface area contributed by atoms with E-state index in [9.17, 15) is 0 Å². The van der Waals surface area contributed by atoms with Crippen molar-refractivity contribution in [3.05, 3.63) is 35.9 Å². The Bertz CT molecular complexity index is 547. The van der Waals surface area contributed by atoms with Crippen molar-refractivity contribution >= 4 is 5.96 Å². The first-order chi connectivity index (χ1) is 13.4. The molecule has 0 spiro atoms. The van der Waals surface area contributed by atoms with Crippen LogP contribution in [0.25, 0.3) is 0 Å². The average Bonchev–Trinajstić information content (AvgIpc) is 3.41. The van der Waals surface area contributed by atoms with Crippen molar-refractivity contribution in [1.82, 2.24) is 20.4 Å². The number of aliphatic imine (C=N–C) groups is 1. The number of hydrogen-bond acceptors (Lipinski definition) is 3. The van der Waals surface area contributed by atoms with Gasteiger partial charge in [0.1, 0.15) is 0 Å². The predicted molar refractivity (Wildman–Crippen MR) is 114 cm³/mol. The first-order valence-corrected chi connectivity index (χ1v) is 10.8. The maximum atomic E-state index is 4.42. The van der Waals surface area contributed by atoms with E-state index in [2.05, 4.69) is 55.8 Å². The molecule has 2 saturated heterocycles. The van der Waals surface area contributed by atoms with Gasteiger partial charge in [-0.1, -0.05) is 30.3 Å². The molecule has 27 heavy (non-hydrogen) atoms. The van der Waals surface area contributed by atoms with Crippen LogP contribution in [0.1, 0.15) is 50.1 Å². The molecule has 5 nitrogen and oxygen atoms in total. The van der Waals surface area contributed by atoms with Crippen LogP contribution in [0.15, 0.2) is 35.3 Å². The van der Waals surface area contributed by atoms with Gasteiger partial charge >= 0.3 is 0 Å². The van der Waals surface area contributed by atoms with Crippen molar-refractivity contribution in [3.8, 4) is 0 Å². The fraction of sp³-hybridized carbons (Fsp3) is 0.682. The van der Waals surface area contributed by atoms with E-state index in [-0.39, 0.29) is 0 Å². The largest absolute Gasteiger partial charge is 0.356 e. The molecule has 0 aliphatic carbocycles. The van der Waals surface area contributed by atoms with Gasteiger partial charge in [-0.25, -0.2) is 0 Å². The lowest BCUT2D eigenvalue weighted by atomic mass is 10.1. The lowest BCUT2D eigenvalue weighted by Crippen LogP contribution is -2.43. The van der Waals surface area contributed by atoms with E-state index in [0.29, 0.717) is 6.04 Å². The van der Waals surface area contributed by atoms with Crippen molar-refractivity contribution in [2.75, 3.05) is 52.9 Å². The summed E-state index contributed by atoms with van der Waals surface area (Å²) < 4.78 is 0. The number of benzene rings is 1. The Kier molecular flexibility index (Phi) is 8.43. The van der Waals surface area contributed by atoms with Crippen molar-refractivity contribution < 1.29 is 0 Å². The maximum Gasteiger partial charge on any atom is 0.191 e. The van der Waals surface area contributed by atoms with Crippen LogP contribution in [0, 0.1) is 0 Å². The molecule has 2 fully saturated rings. The standard InChI is InChI=1S/C22H37N5/c1-23-22(24-13-5-6-14-26-15-7-8-16-26)25-19-21(27-17-9-10-18-27)20-11-3-2-4-12-20/h2-4,11-12,21H,5-10,13-19H2,1H3,(H2,23,24,25). The average molecular weight is 372 g/mol. The zero-order chi connectivity index (χ0) is 18.7. The summed E-state index contributed by atoms with van der Waals surface area (Å²) in [5.74, 6) is 0.927. The SMILES string of the molecule is CN=C(NCCCCN1CCCC1)NCC(c1ccccc1)N1CCCC1. The lowest BCUT2D eigenvalue weighted by Gasteiger charge is -2.29. The Morgan fingerprint density at radius 2 is 1.67 bits per heavy atom. The topological polar surface area (TPSA) is 42.9 Å². The fourth-order valence-corrected chi connectivity index (χ4v) is 4.27. The van der Waals surface area contributed by atoms with Crippen molar-refractivity contribution in [2.24, 2.45) is 4.99 Å². The highest BCUT2D eigenvalue weighted by molar-refractivity contribution is 5.79. The molecule has 5 heteroatoms. The van der Waals surface area contributed by atoms with E-state index >= 15 is 0 Å². The summed E-state index contributed by atoms with van der Waals surface area (Å²) in [5.41, 5.74) is 1.40. The van der Waals surface area contributed by atoms with Crippen LogP contribution < -0.4 is 10.6 Å². The van der Waals surface area contributed by atoms with E-state index in [1.807, 2.05) is 7.05 Å². The third-order valence-corrected chi connectivity index (χ3v) is 5.84. The number of unbranched alkanes of at least 4 members (excludes halogenated alkanes) is 1. The molecular weight excluding hydrogens is 334 g/mol. The molecule has 1 unspecified atom stereocenters. The summed E-state index contributed by atoms with van der Waals surface area (Å²) in [7, 11) is 1.87. The Labute approximate surface area is 165 Å². The molecule has 1 aromatic carbocycles. The van der Waals surface area contributed by atoms with Crippen LogP contribution in [0.4, 0.5) is 0 Å². The molecular formula is C22H37N5. The summed E-state index contributed by atoms with van der Waals surface area (Å²) in [6.07, 6.45) is 7.86. The van der Waals surface area contributed by atoms with Crippen molar-refractivity contribution in [3.63, 3.8) is 0 Å². The van der Waals surface area contributed by atoms with Gasteiger partial charge in [0.05, 0.1) is 6.04 Å². The monoisotopic (exact) mass is 371 g/mol. The highest BCUT2D eigenvalue weighted by Crippen LogP contribution is 2.24. The van der Waals surface area contributed by atoms with E-state index in [4.69, 9.17) is 0 Å². The summed E-state index contributed by atoms with van der Waals surface area (Å²) >= 11 is 0. The van der Waals surface area contributed by atoms with Gasteiger partial charge in [0.2, 0.25) is 0 Å². The molecule has 2 heterocycles. The molecule has 3 rings (SSSR count). The van der Waals surface area contributed by atoms with Crippen LogP contribution >= 0.6 is 0 Å². The predicted octanol–water partition coefficient (Wildman–Crippen LogP) is 2.86. The van der Waals surface area contributed by atoms with Crippen molar-refractivity contribution in [2.45, 2.75) is 44.6 Å². The Hall–Kier alpha value is -1.59. The van der Waals surface area contributed by atoms with Gasteiger partial charge < -0.3 is 15.5 Å². The van der Waals surface area contributed by atoms with Gasteiger partial charge in [0, 0.05) is 20.1 Å². The normalized spacial score (nSPS) is 20.1. The summed E-state index contributed by atoms with van der Waals surface area (Å²) in [6, 6.07) is 11.3. The van der Waals surface area contributed by atoms with Gasteiger partial charge in [-0.15, -0.1) is 0 Å². The van der Waals surface area contributed by atoms with Crippen LogP contribution in [-0.2, 0) is 0 Å². The number of nitrogens with zero attached hydrogens (tertiary/aromatic N) is 3. The summed E-state index contributed by atoms with van der Waals surface area (Å²) in [5, 5.41) is 7.06. The molecule has 0 aromatic heterocycles. The second-order valence-electron chi connectivity index (χ2n) is 7.81. The van der Waals surface area contributed by atoms with Crippen LogP contribution in [0.3, 0.4) is 0 Å². The minimum Gasteiger partial charge on any atom is -0.356 e. The minimum atomic E-state index is 0.419. The molecule has 1 aromatic rings. The Morgan fingerprint density at radius 3 is 2.37 bits per heavy atom. The molecule has 2 aliphatic heterocycles. The fourth-order valence-electron chi connectivity index (χ4n) is 4.27. The van der Waals surface area contributed by atoms with Gasteiger partial charge in [0.25, 0.3) is 0 Å². The van der Waals surface area contributed by atoms with Crippen molar-refractivity contribution in [1.29, 1.82) is 0 Å². The van der Waals surface area contributed by atoms with Gasteiger partial charge in [-0.05, 0) is 76.8 Å². The number of rotatable bonds is 9. The molecule has 0 bridgehead atoms. The first-order valence-electron chi connectivity index (χ1n) is 10.8.